The van der Waals surface area contributed by atoms with E-state index in [-0.39, 0.29) is 12.3 Å². The van der Waals surface area contributed by atoms with E-state index in [4.69, 9.17) is 0 Å². The molecule has 6 aromatic rings. The number of benzene rings is 5. The van der Waals surface area contributed by atoms with Gasteiger partial charge in [-0.3, -0.25) is 0 Å². The highest BCUT2D eigenvalue weighted by molar-refractivity contribution is 7.99. The van der Waals surface area contributed by atoms with Crippen molar-refractivity contribution in [3.05, 3.63) is 114 Å². The lowest BCUT2D eigenvalue weighted by atomic mass is 9.45. The van der Waals surface area contributed by atoms with Gasteiger partial charge >= 0.3 is 6.85 Å². The van der Waals surface area contributed by atoms with E-state index in [0.29, 0.717) is 0 Å². The number of hydrogen-bond donors (Lipinski definition) is 0. The van der Waals surface area contributed by atoms with E-state index in [0.717, 1.165) is 0 Å². The maximum Gasteiger partial charge on any atom is 0.333 e. The number of aryl methyl sites for hydroxylation is 1. The van der Waals surface area contributed by atoms with Crippen LogP contribution in [-0.2, 0) is 5.41 Å². The zero-order valence-corrected chi connectivity index (χ0v) is 23.4. The maximum atomic E-state index is 2.73. The van der Waals surface area contributed by atoms with Gasteiger partial charge in [0.25, 0.3) is 0 Å². The molecule has 0 unspecified atom stereocenters. The molecule has 0 saturated heterocycles. The van der Waals surface area contributed by atoms with Crippen molar-refractivity contribution in [2.75, 3.05) is 4.90 Å². The lowest BCUT2D eigenvalue weighted by Crippen LogP contribution is -2.57. The SMILES string of the molecule is Cc1cc2c3c(c1)N1c4ccccc4Sc4cccc(c41)B3n1c3c(c4cccc-2c41)C(C)(C)c1ccccc1-3. The minimum absolute atomic E-state index is 0.0606. The Morgan fingerprint density at radius 1 is 0.725 bits per heavy atom. The lowest BCUT2D eigenvalue weighted by Gasteiger charge is -2.43. The van der Waals surface area contributed by atoms with Crippen LogP contribution in [0.3, 0.4) is 0 Å². The first-order valence-corrected chi connectivity index (χ1v) is 15.0. The van der Waals surface area contributed by atoms with Gasteiger partial charge in [0.05, 0.1) is 11.4 Å². The quantitative estimate of drug-likeness (QED) is 0.184. The predicted octanol–water partition coefficient (Wildman–Crippen LogP) is 8.14. The van der Waals surface area contributed by atoms with Gasteiger partial charge in [-0.1, -0.05) is 98.4 Å². The predicted molar refractivity (Wildman–Crippen MR) is 169 cm³/mol. The molecule has 0 radical (unpaired) electrons. The molecule has 0 atom stereocenters. The molecule has 188 valence electrons. The highest BCUT2D eigenvalue weighted by Crippen LogP contribution is 2.57. The number of fused-ring (bicyclic) bond motifs is 11. The highest BCUT2D eigenvalue weighted by Gasteiger charge is 2.49. The molecule has 0 spiro atoms. The van der Waals surface area contributed by atoms with E-state index in [2.05, 4.69) is 127 Å². The van der Waals surface area contributed by atoms with E-state index in [1.165, 1.54) is 87.8 Å². The molecular weight excluding hydrogens is 503 g/mol. The Labute approximate surface area is 238 Å². The van der Waals surface area contributed by atoms with E-state index < -0.39 is 0 Å². The van der Waals surface area contributed by atoms with Crippen molar-refractivity contribution >= 4 is 57.5 Å². The normalized spacial score (nSPS) is 15.9. The summed E-state index contributed by atoms with van der Waals surface area (Å²) in [7, 11) is 0. The Kier molecular flexibility index (Phi) is 3.76. The minimum Gasteiger partial charge on any atom is -0.375 e. The van der Waals surface area contributed by atoms with E-state index in [1.807, 2.05) is 11.8 Å². The van der Waals surface area contributed by atoms with Crippen molar-refractivity contribution in [3.8, 4) is 22.4 Å². The zero-order chi connectivity index (χ0) is 26.5. The Morgan fingerprint density at radius 3 is 2.42 bits per heavy atom. The summed E-state index contributed by atoms with van der Waals surface area (Å²) >= 11 is 1.91. The minimum atomic E-state index is -0.0606. The largest absolute Gasteiger partial charge is 0.375 e. The molecular formula is C36H25BN2S. The van der Waals surface area contributed by atoms with Gasteiger partial charge in [0.2, 0.25) is 0 Å². The summed E-state index contributed by atoms with van der Waals surface area (Å²) < 4.78 is 2.73. The molecule has 2 nitrogen and oxygen atoms in total. The summed E-state index contributed by atoms with van der Waals surface area (Å²) in [5.74, 6) is 0. The van der Waals surface area contributed by atoms with Crippen LogP contribution in [0, 0.1) is 6.92 Å². The van der Waals surface area contributed by atoms with Gasteiger partial charge in [-0.25, -0.2) is 0 Å². The zero-order valence-electron chi connectivity index (χ0n) is 22.6. The molecule has 5 aromatic carbocycles. The molecule has 3 aliphatic heterocycles. The van der Waals surface area contributed by atoms with Gasteiger partial charge in [0.1, 0.15) is 0 Å². The first-order chi connectivity index (χ1) is 19.5. The monoisotopic (exact) mass is 528 g/mol. The number of para-hydroxylation sites is 3. The molecule has 40 heavy (non-hydrogen) atoms. The average Bonchev–Trinajstić information content (AvgIpc) is 3.44. The standard InChI is InChI=1S/C36H25BN2S/c1-20-18-24-21-11-8-12-23-31-34(22-10-4-5-13-25(22)36(31,2)3)39(33(21)23)37-26-14-9-17-30-35(26)38(28(19-20)32(24)37)27-15-6-7-16-29(27)40-30/h4-19H,1-3H3. The van der Waals surface area contributed by atoms with Gasteiger partial charge in [-0.2, -0.15) is 0 Å². The van der Waals surface area contributed by atoms with Crippen molar-refractivity contribution in [2.24, 2.45) is 0 Å². The Balaban J connectivity index is 1.42. The fourth-order valence-electron chi connectivity index (χ4n) is 8.30. The molecule has 0 saturated carbocycles. The van der Waals surface area contributed by atoms with Gasteiger partial charge in [-0.15, -0.1) is 0 Å². The molecule has 1 aliphatic carbocycles. The number of aromatic nitrogens is 1. The second-order valence-corrected chi connectivity index (χ2v) is 13.3. The summed E-state index contributed by atoms with van der Waals surface area (Å²) in [6.45, 7) is 7.20. The van der Waals surface area contributed by atoms with Crippen molar-refractivity contribution in [1.29, 1.82) is 0 Å². The molecule has 0 N–H and O–H groups in total. The number of hydrogen-bond acceptors (Lipinski definition) is 2. The van der Waals surface area contributed by atoms with Gasteiger partial charge in [0, 0.05) is 48.6 Å². The molecule has 4 heterocycles. The van der Waals surface area contributed by atoms with Gasteiger partial charge in [0.15, 0.2) is 0 Å². The molecule has 0 bridgehead atoms. The third-order valence-electron chi connectivity index (χ3n) is 9.74. The Hall–Kier alpha value is -4.15. The number of anilines is 3. The second-order valence-electron chi connectivity index (χ2n) is 12.2. The number of nitrogens with zero attached hydrogens (tertiary/aromatic N) is 2. The van der Waals surface area contributed by atoms with Crippen LogP contribution < -0.4 is 15.8 Å². The Morgan fingerprint density at radius 2 is 1.50 bits per heavy atom. The van der Waals surface area contributed by atoms with Crippen LogP contribution in [0.4, 0.5) is 17.1 Å². The third kappa shape index (κ3) is 2.31. The summed E-state index contributed by atoms with van der Waals surface area (Å²) in [5.41, 5.74) is 17.8. The van der Waals surface area contributed by atoms with Crippen LogP contribution in [0.25, 0.3) is 33.3 Å². The van der Waals surface area contributed by atoms with Crippen LogP contribution in [0.5, 0.6) is 0 Å². The summed E-state index contributed by atoms with van der Waals surface area (Å²) in [6.07, 6.45) is 0. The van der Waals surface area contributed by atoms with E-state index >= 15 is 0 Å². The molecule has 4 aliphatic rings. The van der Waals surface area contributed by atoms with Crippen molar-refractivity contribution < 1.29 is 0 Å². The van der Waals surface area contributed by atoms with Crippen LogP contribution in [-0.4, -0.2) is 11.3 Å². The van der Waals surface area contributed by atoms with Crippen LogP contribution in [0.15, 0.2) is 107 Å². The molecule has 10 rings (SSSR count). The average molecular weight is 528 g/mol. The summed E-state index contributed by atoms with van der Waals surface area (Å²) in [5, 5.41) is 1.40. The fraction of sp³-hybridized carbons (Fsp3) is 0.111. The van der Waals surface area contributed by atoms with Crippen LogP contribution >= 0.6 is 11.8 Å². The summed E-state index contributed by atoms with van der Waals surface area (Å²) in [4.78, 5) is 5.22. The second kappa shape index (κ2) is 6.94. The van der Waals surface area contributed by atoms with E-state index in [1.54, 1.807) is 0 Å². The van der Waals surface area contributed by atoms with Crippen molar-refractivity contribution in [3.63, 3.8) is 0 Å². The van der Waals surface area contributed by atoms with E-state index in [9.17, 15) is 0 Å². The van der Waals surface area contributed by atoms with Crippen LogP contribution in [0.1, 0.15) is 30.5 Å². The third-order valence-corrected chi connectivity index (χ3v) is 10.9. The molecule has 4 heteroatoms. The van der Waals surface area contributed by atoms with Crippen molar-refractivity contribution in [2.45, 2.75) is 36.0 Å². The van der Waals surface area contributed by atoms with Gasteiger partial charge < -0.3 is 9.38 Å². The van der Waals surface area contributed by atoms with Crippen molar-refractivity contribution in [1.82, 2.24) is 4.48 Å². The first kappa shape index (κ1) is 21.6. The molecule has 0 fully saturated rings. The summed E-state index contributed by atoms with van der Waals surface area (Å²) in [6, 6.07) is 36.8. The molecule has 1 aromatic heterocycles. The highest BCUT2D eigenvalue weighted by atomic mass is 32.2. The van der Waals surface area contributed by atoms with Crippen LogP contribution in [0.2, 0.25) is 0 Å². The first-order valence-electron chi connectivity index (χ1n) is 14.2. The number of rotatable bonds is 0. The van der Waals surface area contributed by atoms with Gasteiger partial charge in [-0.05, 0) is 64.4 Å². The fourth-order valence-corrected chi connectivity index (χ4v) is 9.40. The Bertz CT molecular complexity index is 2150. The lowest BCUT2D eigenvalue weighted by molar-refractivity contribution is 0.666. The smallest absolute Gasteiger partial charge is 0.333 e. The molecule has 0 amide bonds. The topological polar surface area (TPSA) is 8.17 Å². The maximum absolute atomic E-state index is 2.73.